The van der Waals surface area contributed by atoms with Crippen molar-refractivity contribution in [1.82, 2.24) is 24.6 Å². The van der Waals surface area contributed by atoms with Crippen LogP contribution in [-0.4, -0.2) is 62.1 Å². The van der Waals surface area contributed by atoms with Gasteiger partial charge in [0.1, 0.15) is 24.6 Å². The Balaban J connectivity index is 1.51. The highest BCUT2D eigenvalue weighted by Crippen LogP contribution is 2.47. The van der Waals surface area contributed by atoms with E-state index in [1.165, 1.54) is 17.8 Å². The van der Waals surface area contributed by atoms with Crippen LogP contribution in [0.15, 0.2) is 53.6 Å². The molecular weight excluding hydrogens is 543 g/mol. The molecule has 2 heterocycles. The minimum atomic E-state index is -4.24. The first-order valence-electron chi connectivity index (χ1n) is 12.4. The van der Waals surface area contributed by atoms with Crippen LogP contribution in [0.25, 0.3) is 21.9 Å². The topological polar surface area (TPSA) is 193 Å². The van der Waals surface area contributed by atoms with Crippen molar-refractivity contribution in [3.63, 3.8) is 0 Å². The number of hydrogen-bond donors (Lipinski definition) is 4. The maximum absolute atomic E-state index is 14.0. The van der Waals surface area contributed by atoms with E-state index in [2.05, 4.69) is 20.0 Å². The van der Waals surface area contributed by atoms with Crippen molar-refractivity contribution < 1.29 is 33.0 Å². The molecule has 0 aliphatic carbocycles. The van der Waals surface area contributed by atoms with E-state index in [-0.39, 0.29) is 42.3 Å². The van der Waals surface area contributed by atoms with Gasteiger partial charge < -0.3 is 24.8 Å². The Morgan fingerprint density at radius 2 is 1.95 bits per heavy atom. The highest BCUT2D eigenvalue weighted by Gasteiger charge is 2.34. The third-order valence-electron chi connectivity index (χ3n) is 5.60. The van der Waals surface area contributed by atoms with Crippen molar-refractivity contribution >= 4 is 41.6 Å². The first-order valence-corrected chi connectivity index (χ1v) is 14.0. The van der Waals surface area contributed by atoms with Gasteiger partial charge in [0, 0.05) is 5.39 Å². The van der Waals surface area contributed by atoms with Gasteiger partial charge in [0.15, 0.2) is 11.2 Å². The zero-order chi connectivity index (χ0) is 28.9. The number of nitrogens with one attached hydrogen (secondary N) is 2. The number of carbonyl (C=O) groups is 1. The lowest BCUT2D eigenvalue weighted by Gasteiger charge is -2.25. The zero-order valence-electron chi connectivity index (χ0n) is 22.1. The predicted molar refractivity (Wildman–Crippen MR) is 146 cm³/mol. The first kappa shape index (κ1) is 29.2. The molecule has 40 heavy (non-hydrogen) atoms. The van der Waals surface area contributed by atoms with Crippen LogP contribution in [0.4, 0.5) is 5.95 Å². The van der Waals surface area contributed by atoms with Gasteiger partial charge in [-0.3, -0.25) is 23.7 Å². The number of esters is 1. The van der Waals surface area contributed by atoms with Gasteiger partial charge in [-0.25, -0.2) is 9.55 Å². The summed E-state index contributed by atoms with van der Waals surface area (Å²) in [7, 11) is -4.24. The summed E-state index contributed by atoms with van der Waals surface area (Å²) in [6, 6.07) is 11.5. The minimum Gasteiger partial charge on any atom is -0.462 e. The summed E-state index contributed by atoms with van der Waals surface area (Å²) in [5, 5.41) is 14.0. The lowest BCUT2D eigenvalue weighted by Crippen LogP contribution is -2.37. The average molecular weight is 575 g/mol. The SMILES string of the molecule is CC(C)OC(=O)[C@H](C)NP(=O)(OCC(CO)OCn1cnc2c(=O)[nH]c(N)nc21)Oc1cccc2ccccc12. The number of nitrogens with zero attached hydrogens (tertiary/aromatic N) is 3. The van der Waals surface area contributed by atoms with Crippen LogP contribution in [0.1, 0.15) is 20.8 Å². The van der Waals surface area contributed by atoms with Crippen LogP contribution in [0.2, 0.25) is 0 Å². The molecule has 0 saturated heterocycles. The van der Waals surface area contributed by atoms with Gasteiger partial charge in [-0.2, -0.15) is 10.1 Å². The number of imidazole rings is 1. The number of fused-ring (bicyclic) bond motifs is 2. The largest absolute Gasteiger partial charge is 0.462 e. The molecule has 2 aromatic heterocycles. The number of hydrogen-bond acceptors (Lipinski definition) is 11. The van der Waals surface area contributed by atoms with Gasteiger partial charge in [0.05, 0.1) is 25.6 Å². The maximum Gasteiger partial charge on any atom is 0.459 e. The monoisotopic (exact) mass is 574 g/mol. The molecule has 14 nitrogen and oxygen atoms in total. The molecule has 0 saturated carbocycles. The van der Waals surface area contributed by atoms with E-state index in [0.29, 0.717) is 5.39 Å². The number of aliphatic hydroxyl groups is 1. The molecule has 0 aliphatic rings. The molecule has 0 radical (unpaired) electrons. The Bertz CT molecular complexity index is 1580. The molecule has 0 amide bonds. The molecule has 15 heteroatoms. The Morgan fingerprint density at radius 3 is 2.70 bits per heavy atom. The number of aromatic nitrogens is 4. The van der Waals surface area contributed by atoms with Crippen LogP contribution < -0.4 is 20.9 Å². The Morgan fingerprint density at radius 1 is 1.20 bits per heavy atom. The number of H-pyrrole nitrogens is 1. The van der Waals surface area contributed by atoms with Crippen molar-refractivity contribution in [2.45, 2.75) is 45.8 Å². The third kappa shape index (κ3) is 7.03. The molecule has 4 rings (SSSR count). The molecular formula is C25H31N6O8P. The first-order chi connectivity index (χ1) is 19.1. The molecule has 0 bridgehead atoms. The Labute approximate surface area is 229 Å². The van der Waals surface area contributed by atoms with Gasteiger partial charge in [-0.1, -0.05) is 36.4 Å². The maximum atomic E-state index is 14.0. The second-order valence-corrected chi connectivity index (χ2v) is 10.8. The predicted octanol–water partition coefficient (Wildman–Crippen LogP) is 2.32. The standard InChI is InChI=1S/C25H31N6O8P/c1-15(2)38-24(34)16(3)30-40(35,39-20-10-6-8-17-7-4-5-9-19(17)20)37-12-18(11-32)36-14-31-13-27-21-22(31)28-25(26)29-23(21)33/h4-10,13,15-16,18,32H,11-12,14H2,1-3H3,(H,30,35)(H3,26,28,29,33)/t16-,18?,40?/m0/s1. The van der Waals surface area contributed by atoms with E-state index in [0.717, 1.165) is 5.39 Å². The van der Waals surface area contributed by atoms with E-state index >= 15 is 0 Å². The molecule has 214 valence electrons. The number of carbonyl (C=O) groups excluding carboxylic acids is 1. The molecule has 0 spiro atoms. The number of rotatable bonds is 13. The van der Waals surface area contributed by atoms with Crippen LogP contribution >= 0.6 is 7.75 Å². The van der Waals surface area contributed by atoms with Crippen molar-refractivity contribution in [1.29, 1.82) is 0 Å². The number of nitrogen functional groups attached to an aromatic ring is 1. The summed E-state index contributed by atoms with van der Waals surface area (Å²) >= 11 is 0. The number of nitrogens with two attached hydrogens (primary N) is 1. The molecule has 5 N–H and O–H groups in total. The fourth-order valence-electron chi connectivity index (χ4n) is 3.70. The molecule has 4 aromatic rings. The van der Waals surface area contributed by atoms with Gasteiger partial charge in [-0.05, 0) is 32.2 Å². The van der Waals surface area contributed by atoms with Crippen LogP contribution in [0.5, 0.6) is 5.75 Å². The van der Waals surface area contributed by atoms with Crippen LogP contribution in [0, 0.1) is 0 Å². The lowest BCUT2D eigenvalue weighted by atomic mass is 10.1. The molecule has 3 atom stereocenters. The average Bonchev–Trinajstić information content (AvgIpc) is 3.31. The number of ether oxygens (including phenoxy) is 2. The number of aliphatic hydroxyl groups excluding tert-OH is 1. The minimum absolute atomic E-state index is 0.0639. The second-order valence-electron chi connectivity index (χ2n) is 9.14. The quantitative estimate of drug-likeness (QED) is 0.135. The Hall–Kier alpha value is -3.81. The fourth-order valence-corrected chi connectivity index (χ4v) is 5.25. The van der Waals surface area contributed by atoms with Crippen molar-refractivity contribution in [3.05, 3.63) is 59.1 Å². The fraction of sp³-hybridized carbons (Fsp3) is 0.360. The van der Waals surface area contributed by atoms with E-state index in [9.17, 15) is 19.3 Å². The highest BCUT2D eigenvalue weighted by molar-refractivity contribution is 7.52. The van der Waals surface area contributed by atoms with E-state index < -0.39 is 38.0 Å². The third-order valence-corrected chi connectivity index (χ3v) is 7.23. The van der Waals surface area contributed by atoms with E-state index in [4.69, 9.17) is 24.3 Å². The van der Waals surface area contributed by atoms with E-state index in [1.807, 2.05) is 24.3 Å². The summed E-state index contributed by atoms with van der Waals surface area (Å²) in [5.74, 6) is -0.480. The van der Waals surface area contributed by atoms with Gasteiger partial charge >= 0.3 is 13.7 Å². The zero-order valence-corrected chi connectivity index (χ0v) is 23.0. The second kappa shape index (κ2) is 12.6. The van der Waals surface area contributed by atoms with Crippen molar-refractivity contribution in [3.8, 4) is 5.75 Å². The van der Waals surface area contributed by atoms with Crippen molar-refractivity contribution in [2.24, 2.45) is 0 Å². The van der Waals surface area contributed by atoms with Gasteiger partial charge in [0.25, 0.3) is 5.56 Å². The normalized spacial score (nSPS) is 14.7. The molecule has 0 fully saturated rings. The summed E-state index contributed by atoms with van der Waals surface area (Å²) in [6.07, 6.45) is -0.0384. The Kier molecular flexibility index (Phi) is 9.17. The molecule has 2 aromatic carbocycles. The number of benzene rings is 2. The van der Waals surface area contributed by atoms with Crippen LogP contribution in [0.3, 0.4) is 0 Å². The molecule has 0 aliphatic heterocycles. The highest BCUT2D eigenvalue weighted by atomic mass is 31.2. The summed E-state index contributed by atoms with van der Waals surface area (Å²) < 4.78 is 37.8. The lowest BCUT2D eigenvalue weighted by molar-refractivity contribution is -0.149. The van der Waals surface area contributed by atoms with Crippen molar-refractivity contribution in [2.75, 3.05) is 18.9 Å². The smallest absolute Gasteiger partial charge is 0.459 e. The summed E-state index contributed by atoms with van der Waals surface area (Å²) in [6.45, 7) is 3.78. The number of anilines is 1. The summed E-state index contributed by atoms with van der Waals surface area (Å²) in [5.41, 5.74) is 5.36. The number of aromatic amines is 1. The van der Waals surface area contributed by atoms with E-state index in [1.54, 1.807) is 32.0 Å². The molecule has 2 unspecified atom stereocenters. The van der Waals surface area contributed by atoms with Crippen LogP contribution in [-0.2, 0) is 30.1 Å². The summed E-state index contributed by atoms with van der Waals surface area (Å²) in [4.78, 5) is 34.9. The van der Waals surface area contributed by atoms with Gasteiger partial charge in [-0.15, -0.1) is 0 Å². The van der Waals surface area contributed by atoms with Gasteiger partial charge in [0.2, 0.25) is 5.95 Å².